The van der Waals surface area contributed by atoms with Crippen molar-refractivity contribution in [2.75, 3.05) is 19.0 Å². The summed E-state index contributed by atoms with van der Waals surface area (Å²) in [6.45, 7) is 1.34. The first-order valence-corrected chi connectivity index (χ1v) is 6.87. The lowest BCUT2D eigenvalue weighted by molar-refractivity contribution is -0.119. The van der Waals surface area contributed by atoms with Gasteiger partial charge in [0.1, 0.15) is 11.6 Å². The molecule has 0 aliphatic rings. The summed E-state index contributed by atoms with van der Waals surface area (Å²) in [5.41, 5.74) is 1.26. The highest BCUT2D eigenvalue weighted by atomic mass is 19.1. The SMILES string of the molecule is COc1ccc(C(=O)OCC(=O)Nc2ccccc2C)c(F)c1. The molecule has 5 nitrogen and oxygen atoms in total. The van der Waals surface area contributed by atoms with Crippen LogP contribution in [0.3, 0.4) is 0 Å². The molecule has 0 spiro atoms. The molecule has 0 heterocycles. The number of esters is 1. The third-order valence-corrected chi connectivity index (χ3v) is 3.15. The van der Waals surface area contributed by atoms with E-state index < -0.39 is 24.3 Å². The fourth-order valence-corrected chi connectivity index (χ4v) is 1.90. The van der Waals surface area contributed by atoms with Gasteiger partial charge in [-0.15, -0.1) is 0 Å². The highest BCUT2D eigenvalue weighted by Gasteiger charge is 2.15. The summed E-state index contributed by atoms with van der Waals surface area (Å²) >= 11 is 0. The molecule has 0 aliphatic heterocycles. The van der Waals surface area contributed by atoms with Crippen LogP contribution in [0.2, 0.25) is 0 Å². The molecule has 0 radical (unpaired) electrons. The van der Waals surface area contributed by atoms with Gasteiger partial charge in [-0.1, -0.05) is 18.2 Å². The van der Waals surface area contributed by atoms with Crippen molar-refractivity contribution in [3.63, 3.8) is 0 Å². The fraction of sp³-hybridized carbons (Fsp3) is 0.176. The second-order valence-corrected chi connectivity index (χ2v) is 4.79. The van der Waals surface area contributed by atoms with Gasteiger partial charge in [0.05, 0.1) is 12.7 Å². The number of para-hydroxylation sites is 1. The van der Waals surface area contributed by atoms with E-state index in [0.717, 1.165) is 11.6 Å². The summed E-state index contributed by atoms with van der Waals surface area (Å²) in [5.74, 6) is -1.89. The zero-order chi connectivity index (χ0) is 16.8. The topological polar surface area (TPSA) is 64.6 Å². The Kier molecular flexibility index (Phi) is 5.30. The Morgan fingerprint density at radius 2 is 1.91 bits per heavy atom. The predicted molar refractivity (Wildman–Crippen MR) is 83.0 cm³/mol. The lowest BCUT2D eigenvalue weighted by Crippen LogP contribution is -2.21. The molecule has 0 unspecified atom stereocenters. The Balaban J connectivity index is 1.94. The molecule has 2 aromatic rings. The minimum Gasteiger partial charge on any atom is -0.497 e. The lowest BCUT2D eigenvalue weighted by Gasteiger charge is -2.09. The third-order valence-electron chi connectivity index (χ3n) is 3.15. The predicted octanol–water partition coefficient (Wildman–Crippen LogP) is 2.94. The van der Waals surface area contributed by atoms with Crippen molar-refractivity contribution in [1.82, 2.24) is 0 Å². The normalized spacial score (nSPS) is 10.0. The number of amides is 1. The second-order valence-electron chi connectivity index (χ2n) is 4.79. The molecule has 0 atom stereocenters. The van der Waals surface area contributed by atoms with Gasteiger partial charge in [0, 0.05) is 11.8 Å². The van der Waals surface area contributed by atoms with Crippen LogP contribution in [-0.4, -0.2) is 25.6 Å². The number of hydrogen-bond acceptors (Lipinski definition) is 4. The van der Waals surface area contributed by atoms with E-state index >= 15 is 0 Å². The van der Waals surface area contributed by atoms with E-state index in [4.69, 9.17) is 9.47 Å². The summed E-state index contributed by atoms with van der Waals surface area (Å²) in [6.07, 6.45) is 0. The molecular weight excluding hydrogens is 301 g/mol. The number of nitrogens with one attached hydrogen (secondary N) is 1. The molecular formula is C17H16FNO4. The Hall–Kier alpha value is -2.89. The Bertz CT molecular complexity index is 730. The van der Waals surface area contributed by atoms with Gasteiger partial charge in [0.25, 0.3) is 5.91 Å². The van der Waals surface area contributed by atoms with Gasteiger partial charge in [0.15, 0.2) is 6.61 Å². The maximum absolute atomic E-state index is 13.7. The Labute approximate surface area is 133 Å². The molecule has 23 heavy (non-hydrogen) atoms. The summed E-state index contributed by atoms with van der Waals surface area (Å²) in [6, 6.07) is 11.0. The van der Waals surface area contributed by atoms with Crippen LogP contribution in [0.15, 0.2) is 42.5 Å². The zero-order valence-electron chi connectivity index (χ0n) is 12.8. The van der Waals surface area contributed by atoms with Crippen molar-refractivity contribution in [2.45, 2.75) is 6.92 Å². The van der Waals surface area contributed by atoms with Crippen molar-refractivity contribution in [1.29, 1.82) is 0 Å². The molecule has 0 saturated carbocycles. The molecule has 1 amide bonds. The van der Waals surface area contributed by atoms with Crippen LogP contribution in [0, 0.1) is 12.7 Å². The molecule has 2 rings (SSSR count). The van der Waals surface area contributed by atoms with Crippen LogP contribution >= 0.6 is 0 Å². The first kappa shape index (κ1) is 16.5. The van der Waals surface area contributed by atoms with Gasteiger partial charge < -0.3 is 14.8 Å². The van der Waals surface area contributed by atoms with Crippen LogP contribution in [0.4, 0.5) is 10.1 Å². The number of halogens is 1. The van der Waals surface area contributed by atoms with Crippen LogP contribution in [-0.2, 0) is 9.53 Å². The molecule has 6 heteroatoms. The molecule has 1 N–H and O–H groups in total. The highest BCUT2D eigenvalue weighted by Crippen LogP contribution is 2.17. The van der Waals surface area contributed by atoms with Gasteiger partial charge >= 0.3 is 5.97 Å². The number of carbonyl (C=O) groups excluding carboxylic acids is 2. The number of anilines is 1. The summed E-state index contributed by atoms with van der Waals surface area (Å²) in [4.78, 5) is 23.6. The minimum absolute atomic E-state index is 0.255. The monoisotopic (exact) mass is 317 g/mol. The Morgan fingerprint density at radius 3 is 2.57 bits per heavy atom. The van der Waals surface area contributed by atoms with Crippen LogP contribution in [0.5, 0.6) is 5.75 Å². The third kappa shape index (κ3) is 4.29. The standard InChI is InChI=1S/C17H16FNO4/c1-11-5-3-4-6-15(11)19-16(20)10-23-17(21)13-8-7-12(22-2)9-14(13)18/h3-9H,10H2,1-2H3,(H,19,20). The number of benzene rings is 2. The van der Waals surface area contributed by atoms with Gasteiger partial charge in [-0.05, 0) is 30.7 Å². The zero-order valence-corrected chi connectivity index (χ0v) is 12.8. The van der Waals surface area contributed by atoms with Crippen LogP contribution < -0.4 is 10.1 Å². The average molecular weight is 317 g/mol. The van der Waals surface area contributed by atoms with E-state index in [-0.39, 0.29) is 11.3 Å². The average Bonchev–Trinajstić information content (AvgIpc) is 2.54. The summed E-state index contributed by atoms with van der Waals surface area (Å²) < 4.78 is 23.4. The Morgan fingerprint density at radius 1 is 1.17 bits per heavy atom. The smallest absolute Gasteiger partial charge is 0.341 e. The maximum atomic E-state index is 13.7. The van der Waals surface area contributed by atoms with Gasteiger partial charge in [-0.2, -0.15) is 0 Å². The first-order chi connectivity index (χ1) is 11.0. The molecule has 2 aromatic carbocycles. The molecule has 0 aliphatic carbocycles. The number of carbonyl (C=O) groups is 2. The quantitative estimate of drug-likeness (QED) is 0.861. The van der Waals surface area contributed by atoms with Gasteiger partial charge in [-0.3, -0.25) is 4.79 Å². The molecule has 0 fully saturated rings. The minimum atomic E-state index is -0.912. The molecule has 0 bridgehead atoms. The summed E-state index contributed by atoms with van der Waals surface area (Å²) in [7, 11) is 1.39. The number of aryl methyl sites for hydroxylation is 1. The number of rotatable bonds is 5. The van der Waals surface area contributed by atoms with Gasteiger partial charge in [-0.25, -0.2) is 9.18 Å². The maximum Gasteiger partial charge on any atom is 0.341 e. The second kappa shape index (κ2) is 7.40. The van der Waals surface area contributed by atoms with Crippen molar-refractivity contribution in [2.24, 2.45) is 0 Å². The largest absolute Gasteiger partial charge is 0.497 e. The van der Waals surface area contributed by atoms with Crippen LogP contribution in [0.1, 0.15) is 15.9 Å². The van der Waals surface area contributed by atoms with Crippen molar-refractivity contribution < 1.29 is 23.5 Å². The van der Waals surface area contributed by atoms with E-state index in [2.05, 4.69) is 5.32 Å². The van der Waals surface area contributed by atoms with Crippen LogP contribution in [0.25, 0.3) is 0 Å². The van der Waals surface area contributed by atoms with E-state index in [9.17, 15) is 14.0 Å². The molecule has 120 valence electrons. The van der Waals surface area contributed by atoms with Crippen molar-refractivity contribution >= 4 is 17.6 Å². The first-order valence-electron chi connectivity index (χ1n) is 6.87. The van der Waals surface area contributed by atoms with E-state index in [1.54, 1.807) is 12.1 Å². The fourth-order valence-electron chi connectivity index (χ4n) is 1.90. The number of methoxy groups -OCH3 is 1. The van der Waals surface area contributed by atoms with E-state index in [1.807, 2.05) is 19.1 Å². The van der Waals surface area contributed by atoms with Gasteiger partial charge in [0.2, 0.25) is 0 Å². The van der Waals surface area contributed by atoms with Crippen molar-refractivity contribution in [3.05, 3.63) is 59.4 Å². The number of hydrogen-bond donors (Lipinski definition) is 1. The lowest BCUT2D eigenvalue weighted by atomic mass is 10.2. The van der Waals surface area contributed by atoms with Crippen molar-refractivity contribution in [3.8, 4) is 5.75 Å². The molecule has 0 aromatic heterocycles. The van der Waals surface area contributed by atoms with E-state index in [1.165, 1.54) is 19.2 Å². The van der Waals surface area contributed by atoms with E-state index in [0.29, 0.717) is 5.69 Å². The molecule has 0 saturated heterocycles. The number of ether oxygens (including phenoxy) is 2. The summed E-state index contributed by atoms with van der Waals surface area (Å²) in [5, 5.41) is 2.62. The highest BCUT2D eigenvalue weighted by molar-refractivity contribution is 5.96.